The third-order valence-electron chi connectivity index (χ3n) is 3.99. The maximum atomic E-state index is 3.44. The maximum Gasteiger partial charge on any atom is 0.0446 e. The molecular weight excluding hydrogens is 220 g/mol. The Morgan fingerprint density at radius 2 is 1.72 bits per heavy atom. The SMILES string of the molecule is CNC(CN(C)C1CC1)c1ccc(C(C)C)cc1. The molecule has 0 bridgehead atoms. The van der Waals surface area contributed by atoms with Crippen LogP contribution in [0.5, 0.6) is 0 Å². The van der Waals surface area contributed by atoms with E-state index in [-0.39, 0.29) is 0 Å². The standard InChI is InChI=1S/C16H26N2/c1-12(2)13-5-7-14(8-6-13)16(17-3)11-18(4)15-9-10-15/h5-8,12,15-17H,9-11H2,1-4H3. The first-order chi connectivity index (χ1) is 8.61. The molecule has 1 unspecified atom stereocenters. The summed E-state index contributed by atoms with van der Waals surface area (Å²) in [7, 11) is 4.30. The topological polar surface area (TPSA) is 15.3 Å². The molecular formula is C16H26N2. The largest absolute Gasteiger partial charge is 0.312 e. The summed E-state index contributed by atoms with van der Waals surface area (Å²) in [6, 6.07) is 10.4. The molecule has 1 aliphatic rings. The number of benzene rings is 1. The van der Waals surface area contributed by atoms with E-state index in [4.69, 9.17) is 0 Å². The van der Waals surface area contributed by atoms with Gasteiger partial charge in [-0.1, -0.05) is 38.1 Å². The molecule has 2 heteroatoms. The van der Waals surface area contributed by atoms with E-state index in [0.717, 1.165) is 12.6 Å². The van der Waals surface area contributed by atoms with Gasteiger partial charge >= 0.3 is 0 Å². The van der Waals surface area contributed by atoms with Gasteiger partial charge in [-0.3, -0.25) is 0 Å². The fourth-order valence-electron chi connectivity index (χ4n) is 2.43. The van der Waals surface area contributed by atoms with Crippen molar-refractivity contribution in [3.8, 4) is 0 Å². The predicted molar refractivity (Wildman–Crippen MR) is 78.0 cm³/mol. The Morgan fingerprint density at radius 3 is 2.17 bits per heavy atom. The van der Waals surface area contributed by atoms with E-state index in [1.165, 1.54) is 24.0 Å². The van der Waals surface area contributed by atoms with Crippen molar-refractivity contribution in [1.29, 1.82) is 0 Å². The van der Waals surface area contributed by atoms with Gasteiger partial charge in [0.15, 0.2) is 0 Å². The van der Waals surface area contributed by atoms with E-state index < -0.39 is 0 Å². The summed E-state index contributed by atoms with van der Waals surface area (Å²) in [6.07, 6.45) is 2.75. The van der Waals surface area contributed by atoms with E-state index in [1.54, 1.807) is 0 Å². The summed E-state index contributed by atoms with van der Waals surface area (Å²) >= 11 is 0. The molecule has 1 fully saturated rings. The minimum absolute atomic E-state index is 0.441. The summed E-state index contributed by atoms with van der Waals surface area (Å²) in [5, 5.41) is 3.44. The molecule has 0 spiro atoms. The third kappa shape index (κ3) is 3.33. The lowest BCUT2D eigenvalue weighted by atomic mass is 9.99. The molecule has 1 N–H and O–H groups in total. The van der Waals surface area contributed by atoms with E-state index in [0.29, 0.717) is 12.0 Å². The van der Waals surface area contributed by atoms with Crippen LogP contribution in [0.1, 0.15) is 49.8 Å². The predicted octanol–water partition coefficient (Wildman–Crippen LogP) is 3.16. The monoisotopic (exact) mass is 246 g/mol. The van der Waals surface area contributed by atoms with Crippen molar-refractivity contribution in [2.45, 2.75) is 44.7 Å². The van der Waals surface area contributed by atoms with Crippen LogP contribution >= 0.6 is 0 Å². The first kappa shape index (κ1) is 13.6. The van der Waals surface area contributed by atoms with Gasteiger partial charge in [-0.15, -0.1) is 0 Å². The Kier molecular flexibility index (Phi) is 4.41. The van der Waals surface area contributed by atoms with Crippen molar-refractivity contribution in [1.82, 2.24) is 10.2 Å². The highest BCUT2D eigenvalue weighted by molar-refractivity contribution is 5.27. The van der Waals surface area contributed by atoms with Gasteiger partial charge in [0, 0.05) is 18.6 Å². The maximum absolute atomic E-state index is 3.44. The molecule has 0 aromatic heterocycles. The molecule has 1 aromatic rings. The molecule has 0 radical (unpaired) electrons. The lowest BCUT2D eigenvalue weighted by Crippen LogP contribution is -2.32. The van der Waals surface area contributed by atoms with Gasteiger partial charge in [0.25, 0.3) is 0 Å². The number of likely N-dealkylation sites (N-methyl/N-ethyl adjacent to an activating group) is 2. The minimum atomic E-state index is 0.441. The highest BCUT2D eigenvalue weighted by Gasteiger charge is 2.27. The van der Waals surface area contributed by atoms with Gasteiger partial charge in [0.05, 0.1) is 0 Å². The molecule has 2 rings (SSSR count). The van der Waals surface area contributed by atoms with Crippen LogP contribution in [0.15, 0.2) is 24.3 Å². The van der Waals surface area contributed by atoms with Crippen LogP contribution < -0.4 is 5.32 Å². The Balaban J connectivity index is 2.01. The molecule has 1 aliphatic carbocycles. The second-order valence-electron chi connectivity index (χ2n) is 5.83. The zero-order valence-electron chi connectivity index (χ0n) is 12.1. The van der Waals surface area contributed by atoms with Crippen molar-refractivity contribution in [2.75, 3.05) is 20.6 Å². The fraction of sp³-hybridized carbons (Fsp3) is 0.625. The van der Waals surface area contributed by atoms with Crippen molar-refractivity contribution >= 4 is 0 Å². The summed E-state index contributed by atoms with van der Waals surface area (Å²) in [5.41, 5.74) is 2.82. The van der Waals surface area contributed by atoms with Crippen LogP contribution in [0, 0.1) is 0 Å². The number of nitrogens with zero attached hydrogens (tertiary/aromatic N) is 1. The Labute approximate surface area is 111 Å². The smallest absolute Gasteiger partial charge is 0.0446 e. The van der Waals surface area contributed by atoms with Crippen LogP contribution in [0.2, 0.25) is 0 Å². The van der Waals surface area contributed by atoms with Crippen molar-refractivity contribution < 1.29 is 0 Å². The molecule has 0 saturated heterocycles. The lowest BCUT2D eigenvalue weighted by molar-refractivity contribution is 0.287. The van der Waals surface area contributed by atoms with Gasteiger partial charge < -0.3 is 10.2 Å². The third-order valence-corrected chi connectivity index (χ3v) is 3.99. The van der Waals surface area contributed by atoms with Crippen LogP contribution in [0.25, 0.3) is 0 Å². The molecule has 100 valence electrons. The molecule has 2 nitrogen and oxygen atoms in total. The summed E-state index contributed by atoms with van der Waals surface area (Å²) < 4.78 is 0. The lowest BCUT2D eigenvalue weighted by Gasteiger charge is -2.24. The summed E-state index contributed by atoms with van der Waals surface area (Å²) in [5.74, 6) is 0.612. The molecule has 0 amide bonds. The zero-order valence-corrected chi connectivity index (χ0v) is 12.1. The summed E-state index contributed by atoms with van der Waals surface area (Å²) in [6.45, 7) is 5.58. The van der Waals surface area contributed by atoms with E-state index in [2.05, 4.69) is 62.4 Å². The fourth-order valence-corrected chi connectivity index (χ4v) is 2.43. The summed E-state index contributed by atoms with van der Waals surface area (Å²) in [4.78, 5) is 2.48. The number of hydrogen-bond acceptors (Lipinski definition) is 2. The first-order valence-electron chi connectivity index (χ1n) is 7.09. The van der Waals surface area contributed by atoms with Gasteiger partial charge in [-0.2, -0.15) is 0 Å². The van der Waals surface area contributed by atoms with Crippen molar-refractivity contribution in [3.05, 3.63) is 35.4 Å². The van der Waals surface area contributed by atoms with E-state index in [1.807, 2.05) is 0 Å². The molecule has 1 atom stereocenters. The Morgan fingerprint density at radius 1 is 1.17 bits per heavy atom. The van der Waals surface area contributed by atoms with Crippen molar-refractivity contribution in [3.63, 3.8) is 0 Å². The second-order valence-corrected chi connectivity index (χ2v) is 5.83. The molecule has 1 saturated carbocycles. The van der Waals surface area contributed by atoms with Crippen LogP contribution in [-0.2, 0) is 0 Å². The van der Waals surface area contributed by atoms with E-state index >= 15 is 0 Å². The number of hydrogen-bond donors (Lipinski definition) is 1. The normalized spacial score (nSPS) is 17.4. The molecule has 1 aromatic carbocycles. The van der Waals surface area contributed by atoms with Crippen LogP contribution in [0.4, 0.5) is 0 Å². The van der Waals surface area contributed by atoms with Gasteiger partial charge in [-0.25, -0.2) is 0 Å². The van der Waals surface area contributed by atoms with E-state index in [9.17, 15) is 0 Å². The molecule has 18 heavy (non-hydrogen) atoms. The highest BCUT2D eigenvalue weighted by atomic mass is 15.2. The van der Waals surface area contributed by atoms with Gasteiger partial charge in [0.2, 0.25) is 0 Å². The van der Waals surface area contributed by atoms with Gasteiger partial charge in [0.1, 0.15) is 0 Å². The second kappa shape index (κ2) is 5.85. The number of rotatable bonds is 6. The van der Waals surface area contributed by atoms with Crippen LogP contribution in [-0.4, -0.2) is 31.6 Å². The first-order valence-corrected chi connectivity index (χ1v) is 7.09. The number of nitrogens with one attached hydrogen (secondary N) is 1. The highest BCUT2D eigenvalue weighted by Crippen LogP contribution is 2.27. The average Bonchev–Trinajstić information content (AvgIpc) is 3.20. The quantitative estimate of drug-likeness (QED) is 0.829. The molecule has 0 heterocycles. The average molecular weight is 246 g/mol. The minimum Gasteiger partial charge on any atom is -0.312 e. The Bertz CT molecular complexity index is 365. The zero-order chi connectivity index (χ0) is 13.1. The molecule has 0 aliphatic heterocycles. The van der Waals surface area contributed by atoms with Crippen LogP contribution in [0.3, 0.4) is 0 Å². The van der Waals surface area contributed by atoms with Crippen molar-refractivity contribution in [2.24, 2.45) is 0 Å². The Hall–Kier alpha value is -0.860. The van der Waals surface area contributed by atoms with Gasteiger partial charge in [-0.05, 0) is 44.0 Å².